The van der Waals surface area contributed by atoms with Crippen molar-refractivity contribution in [2.45, 2.75) is 105 Å². The lowest BCUT2D eigenvalue weighted by molar-refractivity contribution is -0.144. The van der Waals surface area contributed by atoms with Gasteiger partial charge in [0.25, 0.3) is 0 Å². The van der Waals surface area contributed by atoms with E-state index in [1.54, 1.807) is 25.7 Å². The third kappa shape index (κ3) is 7.97. The number of nitrogens with one attached hydrogen (secondary N) is 2. The van der Waals surface area contributed by atoms with Gasteiger partial charge in [-0.15, -0.1) is 0 Å². The molecule has 0 aromatic heterocycles. The van der Waals surface area contributed by atoms with Gasteiger partial charge < -0.3 is 20.3 Å². The molecule has 0 spiro atoms. The third-order valence-electron chi connectivity index (χ3n) is 6.37. The molecule has 1 fully saturated rings. The van der Waals surface area contributed by atoms with Crippen LogP contribution in [-0.2, 0) is 14.3 Å². The fraction of sp³-hybridized carbons (Fsp3) is 0.679. The predicted octanol–water partition coefficient (Wildman–Crippen LogP) is 5.05. The number of carbonyl (C=O) groups excluding carboxylic acids is 3. The van der Waals surface area contributed by atoms with Crippen molar-refractivity contribution in [2.75, 3.05) is 6.54 Å². The minimum atomic E-state index is -0.811. The average Bonchev–Trinajstić information content (AvgIpc) is 3.46. The molecule has 4 atom stereocenters. The molecule has 2 rings (SSSR count). The summed E-state index contributed by atoms with van der Waals surface area (Å²) in [7, 11) is 0. The van der Waals surface area contributed by atoms with Crippen LogP contribution in [0, 0.1) is 25.7 Å². The normalized spacial score (nSPS) is 19.0. The number of ether oxygens (including phenoxy) is 1. The fourth-order valence-electron chi connectivity index (χ4n) is 4.24. The van der Waals surface area contributed by atoms with E-state index in [1.807, 2.05) is 45.9 Å². The van der Waals surface area contributed by atoms with Gasteiger partial charge in [-0.1, -0.05) is 57.9 Å². The van der Waals surface area contributed by atoms with Gasteiger partial charge in [-0.05, 0) is 70.4 Å². The maximum atomic E-state index is 14.1. The minimum Gasteiger partial charge on any atom is -0.444 e. The first-order valence-corrected chi connectivity index (χ1v) is 12.9. The average molecular weight is 488 g/mol. The van der Waals surface area contributed by atoms with E-state index in [0.29, 0.717) is 6.54 Å². The second-order valence-corrected chi connectivity index (χ2v) is 11.3. The van der Waals surface area contributed by atoms with Crippen molar-refractivity contribution >= 4 is 17.9 Å². The topological polar surface area (TPSA) is 87.7 Å². The van der Waals surface area contributed by atoms with Crippen molar-refractivity contribution in [1.29, 1.82) is 0 Å². The van der Waals surface area contributed by atoms with Crippen molar-refractivity contribution in [2.24, 2.45) is 11.8 Å². The van der Waals surface area contributed by atoms with E-state index < -0.39 is 23.8 Å². The zero-order chi connectivity index (χ0) is 26.5. The van der Waals surface area contributed by atoms with Gasteiger partial charge in [0.1, 0.15) is 17.7 Å². The summed E-state index contributed by atoms with van der Waals surface area (Å²) < 4.78 is 5.44. The molecule has 3 amide bonds. The molecule has 7 heteroatoms. The van der Waals surface area contributed by atoms with E-state index in [2.05, 4.69) is 24.5 Å². The van der Waals surface area contributed by atoms with E-state index >= 15 is 0 Å². The molecule has 35 heavy (non-hydrogen) atoms. The van der Waals surface area contributed by atoms with Crippen LogP contribution in [0.2, 0.25) is 0 Å². The van der Waals surface area contributed by atoms with Crippen molar-refractivity contribution in [3.8, 4) is 0 Å². The molecule has 1 aliphatic carbocycles. The molecule has 196 valence electrons. The number of nitrogens with zero attached hydrogens (tertiary/aromatic N) is 1. The van der Waals surface area contributed by atoms with Gasteiger partial charge in [-0.25, -0.2) is 4.79 Å². The van der Waals surface area contributed by atoms with Crippen molar-refractivity contribution in [3.05, 3.63) is 34.9 Å². The summed E-state index contributed by atoms with van der Waals surface area (Å²) >= 11 is 0. The van der Waals surface area contributed by atoms with E-state index in [1.165, 1.54) is 0 Å². The van der Waals surface area contributed by atoms with Crippen LogP contribution in [0.25, 0.3) is 0 Å². The van der Waals surface area contributed by atoms with Gasteiger partial charge in [-0.3, -0.25) is 9.59 Å². The third-order valence-corrected chi connectivity index (χ3v) is 6.37. The SMILES string of the molecule is CCCCNC(=O)C(c1cc(C)ccc1C)N(C(=O)C(NC(=O)OC(C)(C)C)C(C)C)C1CC1C. The van der Waals surface area contributed by atoms with Gasteiger partial charge in [0, 0.05) is 12.6 Å². The van der Waals surface area contributed by atoms with Gasteiger partial charge in [0.05, 0.1) is 0 Å². The highest BCUT2D eigenvalue weighted by molar-refractivity contribution is 5.93. The molecule has 2 N–H and O–H groups in total. The van der Waals surface area contributed by atoms with E-state index in [9.17, 15) is 14.4 Å². The maximum absolute atomic E-state index is 14.1. The highest BCUT2D eigenvalue weighted by Gasteiger charge is 2.48. The Morgan fingerprint density at radius 2 is 1.80 bits per heavy atom. The molecule has 0 heterocycles. The van der Waals surface area contributed by atoms with Crippen LogP contribution >= 0.6 is 0 Å². The Hall–Kier alpha value is -2.57. The first-order chi connectivity index (χ1) is 16.3. The lowest BCUT2D eigenvalue weighted by Gasteiger charge is -2.36. The Kier molecular flexibility index (Phi) is 9.76. The summed E-state index contributed by atoms with van der Waals surface area (Å²) in [5.41, 5.74) is 2.13. The fourth-order valence-corrected chi connectivity index (χ4v) is 4.24. The number of amides is 3. The zero-order valence-corrected chi connectivity index (χ0v) is 23.0. The van der Waals surface area contributed by atoms with Crippen LogP contribution < -0.4 is 10.6 Å². The maximum Gasteiger partial charge on any atom is 0.408 e. The second-order valence-electron chi connectivity index (χ2n) is 11.3. The molecule has 1 aromatic rings. The van der Waals surface area contributed by atoms with Crippen LogP contribution in [0.3, 0.4) is 0 Å². The number of rotatable bonds is 10. The van der Waals surface area contributed by atoms with Gasteiger partial charge in [0.15, 0.2) is 0 Å². The van der Waals surface area contributed by atoms with Gasteiger partial charge in [0.2, 0.25) is 11.8 Å². The summed E-state index contributed by atoms with van der Waals surface area (Å²) in [6, 6.07) is 4.36. The molecule has 4 unspecified atom stereocenters. The Morgan fingerprint density at radius 3 is 2.31 bits per heavy atom. The molecular formula is C28H45N3O4. The molecule has 7 nitrogen and oxygen atoms in total. The zero-order valence-electron chi connectivity index (χ0n) is 23.0. The first kappa shape index (κ1) is 28.7. The smallest absolute Gasteiger partial charge is 0.408 e. The Labute approximate surface area is 211 Å². The van der Waals surface area contributed by atoms with Crippen molar-refractivity contribution in [3.63, 3.8) is 0 Å². The molecule has 1 saturated carbocycles. The van der Waals surface area contributed by atoms with Gasteiger partial charge >= 0.3 is 6.09 Å². The molecule has 0 bridgehead atoms. The second kappa shape index (κ2) is 11.9. The van der Waals surface area contributed by atoms with Crippen LogP contribution in [0.1, 0.15) is 90.5 Å². The van der Waals surface area contributed by atoms with Crippen LogP contribution in [0.5, 0.6) is 0 Å². The highest BCUT2D eigenvalue weighted by atomic mass is 16.6. The number of hydrogen-bond acceptors (Lipinski definition) is 4. The number of benzene rings is 1. The first-order valence-electron chi connectivity index (χ1n) is 12.9. The molecule has 0 aliphatic heterocycles. The molecule has 0 radical (unpaired) electrons. The monoisotopic (exact) mass is 487 g/mol. The Bertz CT molecular complexity index is 906. The minimum absolute atomic E-state index is 0.0639. The van der Waals surface area contributed by atoms with E-state index in [-0.39, 0.29) is 29.7 Å². The highest BCUT2D eigenvalue weighted by Crippen LogP contribution is 2.41. The van der Waals surface area contributed by atoms with E-state index in [4.69, 9.17) is 4.74 Å². The lowest BCUT2D eigenvalue weighted by atomic mass is 9.94. The number of carbonyl (C=O) groups is 3. The molecular weight excluding hydrogens is 442 g/mol. The summed E-state index contributed by atoms with van der Waals surface area (Å²) in [5, 5.41) is 5.85. The number of aryl methyl sites for hydroxylation is 2. The van der Waals surface area contributed by atoms with Crippen LogP contribution in [0.4, 0.5) is 4.79 Å². The molecule has 0 saturated heterocycles. The van der Waals surface area contributed by atoms with Crippen LogP contribution in [-0.4, -0.2) is 47.0 Å². The number of unbranched alkanes of at least 4 members (excludes halogenated alkanes) is 1. The lowest BCUT2D eigenvalue weighted by Crippen LogP contribution is -2.56. The number of alkyl carbamates (subject to hydrolysis) is 1. The summed E-state index contributed by atoms with van der Waals surface area (Å²) in [4.78, 5) is 42.1. The van der Waals surface area contributed by atoms with Crippen molar-refractivity contribution < 1.29 is 19.1 Å². The quantitative estimate of drug-likeness (QED) is 0.452. The predicted molar refractivity (Wildman–Crippen MR) is 139 cm³/mol. The Morgan fingerprint density at radius 1 is 1.17 bits per heavy atom. The summed E-state index contributed by atoms with van der Waals surface area (Å²) in [6.45, 7) is 17.8. The largest absolute Gasteiger partial charge is 0.444 e. The number of hydrogen-bond donors (Lipinski definition) is 2. The van der Waals surface area contributed by atoms with E-state index in [0.717, 1.165) is 36.0 Å². The Balaban J connectivity index is 2.50. The summed E-state index contributed by atoms with van der Waals surface area (Å²) in [6.07, 6.45) is 2.02. The van der Waals surface area contributed by atoms with Crippen LogP contribution in [0.15, 0.2) is 18.2 Å². The standard InChI is InChI=1S/C28H45N3O4/c1-10-11-14-29-25(32)24(21-15-18(4)12-13-19(21)5)31(22-16-20(22)6)26(33)23(17(2)3)30-27(34)35-28(7,8)9/h12-13,15,17,20,22-24H,10-11,14,16H2,1-9H3,(H,29,32)(H,30,34). The molecule has 1 aliphatic rings. The summed E-state index contributed by atoms with van der Waals surface area (Å²) in [5.74, 6) is -0.338. The molecule has 1 aromatic carbocycles. The van der Waals surface area contributed by atoms with Gasteiger partial charge in [-0.2, -0.15) is 0 Å². The van der Waals surface area contributed by atoms with Crippen molar-refractivity contribution in [1.82, 2.24) is 15.5 Å².